The Morgan fingerprint density at radius 2 is 1.70 bits per heavy atom. The van der Waals surface area contributed by atoms with Gasteiger partial charge in [0.25, 0.3) is 0 Å². The van der Waals surface area contributed by atoms with Gasteiger partial charge >= 0.3 is 5.97 Å². The fraction of sp³-hybridized carbons (Fsp3) is 0.562. The highest BCUT2D eigenvalue weighted by atomic mass is 16.5. The smallest absolute Gasteiger partial charge is 0.338 e. The fourth-order valence-electron chi connectivity index (χ4n) is 1.84. The second-order valence-corrected chi connectivity index (χ2v) is 4.58. The summed E-state index contributed by atoms with van der Waals surface area (Å²) in [5.41, 5.74) is 0.545. The first-order valence-electron chi connectivity index (χ1n) is 7.28. The molecule has 0 unspecified atom stereocenters. The van der Waals surface area contributed by atoms with E-state index >= 15 is 0 Å². The van der Waals surface area contributed by atoms with E-state index in [1.807, 2.05) is 0 Å². The molecular weight excluding hydrogens is 256 g/mol. The van der Waals surface area contributed by atoms with Crippen molar-refractivity contribution in [2.45, 2.75) is 39.0 Å². The molecule has 0 saturated carbocycles. The summed E-state index contributed by atoms with van der Waals surface area (Å²) in [7, 11) is 0. The number of aliphatic hydroxyl groups excluding tert-OH is 1. The van der Waals surface area contributed by atoms with Gasteiger partial charge in [-0.15, -0.1) is 0 Å². The van der Waals surface area contributed by atoms with Crippen molar-refractivity contribution >= 4 is 5.97 Å². The largest absolute Gasteiger partial charge is 0.494 e. The van der Waals surface area contributed by atoms with Crippen LogP contribution in [0, 0.1) is 0 Å². The van der Waals surface area contributed by atoms with Crippen LogP contribution in [0.25, 0.3) is 0 Å². The van der Waals surface area contributed by atoms with Crippen molar-refractivity contribution in [2.75, 3.05) is 19.8 Å². The number of rotatable bonds is 10. The first-order chi connectivity index (χ1) is 9.77. The Morgan fingerprint density at radius 1 is 1.05 bits per heavy atom. The molecule has 0 aliphatic carbocycles. The topological polar surface area (TPSA) is 55.8 Å². The fourth-order valence-corrected chi connectivity index (χ4v) is 1.84. The minimum atomic E-state index is -0.303. The van der Waals surface area contributed by atoms with Gasteiger partial charge in [-0.3, -0.25) is 0 Å². The Hall–Kier alpha value is -1.55. The van der Waals surface area contributed by atoms with E-state index in [2.05, 4.69) is 0 Å². The van der Waals surface area contributed by atoms with E-state index in [9.17, 15) is 4.79 Å². The summed E-state index contributed by atoms with van der Waals surface area (Å²) in [6.45, 7) is 3.13. The second kappa shape index (κ2) is 10.3. The average molecular weight is 280 g/mol. The highest BCUT2D eigenvalue weighted by Gasteiger charge is 2.05. The molecule has 0 aliphatic rings. The zero-order chi connectivity index (χ0) is 14.6. The lowest BCUT2D eigenvalue weighted by Crippen LogP contribution is -2.04. The van der Waals surface area contributed by atoms with Crippen molar-refractivity contribution in [3.8, 4) is 5.75 Å². The lowest BCUT2D eigenvalue weighted by molar-refractivity contribution is 0.0526. The molecule has 1 rings (SSSR count). The molecule has 0 radical (unpaired) electrons. The molecular formula is C16H24O4. The third-order valence-corrected chi connectivity index (χ3v) is 2.94. The van der Waals surface area contributed by atoms with E-state index in [-0.39, 0.29) is 12.6 Å². The highest BCUT2D eigenvalue weighted by Crippen LogP contribution is 2.14. The van der Waals surface area contributed by atoms with E-state index in [1.165, 1.54) is 0 Å². The third kappa shape index (κ3) is 6.57. The van der Waals surface area contributed by atoms with Gasteiger partial charge in [-0.05, 0) is 44.0 Å². The molecule has 1 aromatic rings. The van der Waals surface area contributed by atoms with Crippen molar-refractivity contribution in [2.24, 2.45) is 0 Å². The molecule has 1 aromatic carbocycles. The predicted molar refractivity (Wildman–Crippen MR) is 78.1 cm³/mol. The summed E-state index contributed by atoms with van der Waals surface area (Å²) in [6.07, 6.45) is 5.21. The number of esters is 1. The molecule has 0 atom stereocenters. The highest BCUT2D eigenvalue weighted by molar-refractivity contribution is 5.89. The van der Waals surface area contributed by atoms with E-state index in [4.69, 9.17) is 14.6 Å². The molecule has 0 fully saturated rings. The minimum absolute atomic E-state index is 0.281. The molecule has 20 heavy (non-hydrogen) atoms. The summed E-state index contributed by atoms with van der Waals surface area (Å²) in [5, 5.41) is 8.66. The van der Waals surface area contributed by atoms with Gasteiger partial charge in [0.2, 0.25) is 0 Å². The molecule has 4 nitrogen and oxygen atoms in total. The zero-order valence-corrected chi connectivity index (χ0v) is 12.1. The van der Waals surface area contributed by atoms with Gasteiger partial charge in [-0.1, -0.05) is 19.3 Å². The minimum Gasteiger partial charge on any atom is -0.494 e. The summed E-state index contributed by atoms with van der Waals surface area (Å²) in [6, 6.07) is 7.01. The van der Waals surface area contributed by atoms with Crippen LogP contribution in [0.5, 0.6) is 5.75 Å². The first-order valence-corrected chi connectivity index (χ1v) is 7.28. The zero-order valence-electron chi connectivity index (χ0n) is 12.1. The van der Waals surface area contributed by atoms with Crippen molar-refractivity contribution in [3.05, 3.63) is 29.8 Å². The quantitative estimate of drug-likeness (QED) is 0.528. The van der Waals surface area contributed by atoms with Crippen LogP contribution in [-0.4, -0.2) is 30.9 Å². The number of aliphatic hydroxyl groups is 1. The monoisotopic (exact) mass is 280 g/mol. The number of carbonyl (C=O) groups is 1. The van der Waals surface area contributed by atoms with Crippen LogP contribution in [0.1, 0.15) is 49.4 Å². The van der Waals surface area contributed by atoms with E-state index in [1.54, 1.807) is 31.2 Å². The summed E-state index contributed by atoms with van der Waals surface area (Å²) in [5.74, 6) is 0.469. The van der Waals surface area contributed by atoms with Gasteiger partial charge in [0.15, 0.2) is 0 Å². The SMILES string of the molecule is CCOC(=O)c1ccc(OCCCCCCCO)cc1. The van der Waals surface area contributed by atoms with Crippen LogP contribution in [0.2, 0.25) is 0 Å². The van der Waals surface area contributed by atoms with Crippen LogP contribution in [0.3, 0.4) is 0 Å². The molecule has 0 heterocycles. The van der Waals surface area contributed by atoms with Crippen molar-refractivity contribution in [1.29, 1.82) is 0 Å². The standard InChI is InChI=1S/C16H24O4/c1-2-19-16(18)14-8-10-15(11-9-14)20-13-7-5-3-4-6-12-17/h8-11,17H,2-7,12-13H2,1H3. The normalized spacial score (nSPS) is 10.3. The van der Waals surface area contributed by atoms with Crippen molar-refractivity contribution in [3.63, 3.8) is 0 Å². The Labute approximate surface area is 120 Å². The second-order valence-electron chi connectivity index (χ2n) is 4.58. The number of ether oxygens (including phenoxy) is 2. The van der Waals surface area contributed by atoms with E-state index in [0.29, 0.717) is 18.8 Å². The number of hydrogen-bond acceptors (Lipinski definition) is 4. The number of hydrogen-bond donors (Lipinski definition) is 1. The predicted octanol–water partition coefficient (Wildman–Crippen LogP) is 3.18. The molecule has 0 saturated heterocycles. The lowest BCUT2D eigenvalue weighted by Gasteiger charge is -2.07. The number of unbranched alkanes of at least 4 members (excludes halogenated alkanes) is 4. The maximum atomic E-state index is 11.5. The summed E-state index contributed by atoms with van der Waals surface area (Å²) >= 11 is 0. The van der Waals surface area contributed by atoms with Crippen LogP contribution >= 0.6 is 0 Å². The maximum Gasteiger partial charge on any atom is 0.338 e. The molecule has 112 valence electrons. The van der Waals surface area contributed by atoms with Crippen LogP contribution in [0.4, 0.5) is 0 Å². The van der Waals surface area contributed by atoms with E-state index in [0.717, 1.165) is 37.9 Å². The van der Waals surface area contributed by atoms with Crippen LogP contribution < -0.4 is 4.74 Å². The van der Waals surface area contributed by atoms with Crippen LogP contribution in [0.15, 0.2) is 24.3 Å². The number of benzene rings is 1. The molecule has 1 N–H and O–H groups in total. The van der Waals surface area contributed by atoms with Gasteiger partial charge in [-0.2, -0.15) is 0 Å². The third-order valence-electron chi connectivity index (χ3n) is 2.94. The van der Waals surface area contributed by atoms with Gasteiger partial charge in [0.1, 0.15) is 5.75 Å². The first kappa shape index (κ1) is 16.5. The maximum absolute atomic E-state index is 11.5. The molecule has 0 aliphatic heterocycles. The van der Waals surface area contributed by atoms with Gasteiger partial charge < -0.3 is 14.6 Å². The van der Waals surface area contributed by atoms with Crippen molar-refractivity contribution < 1.29 is 19.4 Å². The molecule has 0 bridgehead atoms. The molecule has 4 heteroatoms. The van der Waals surface area contributed by atoms with Crippen molar-refractivity contribution in [1.82, 2.24) is 0 Å². The summed E-state index contributed by atoms with van der Waals surface area (Å²) in [4.78, 5) is 11.5. The Morgan fingerprint density at radius 3 is 2.35 bits per heavy atom. The Kier molecular flexibility index (Phi) is 8.47. The van der Waals surface area contributed by atoms with Gasteiger partial charge in [-0.25, -0.2) is 4.79 Å². The summed E-state index contributed by atoms with van der Waals surface area (Å²) < 4.78 is 10.5. The molecule has 0 spiro atoms. The Bertz CT molecular complexity index is 373. The van der Waals surface area contributed by atoms with Crippen LogP contribution in [-0.2, 0) is 4.74 Å². The number of carbonyl (C=O) groups excluding carboxylic acids is 1. The average Bonchev–Trinajstić information content (AvgIpc) is 2.47. The molecule has 0 aromatic heterocycles. The van der Waals surface area contributed by atoms with Gasteiger partial charge in [0.05, 0.1) is 18.8 Å². The van der Waals surface area contributed by atoms with Gasteiger partial charge in [0, 0.05) is 6.61 Å². The Balaban J connectivity index is 2.20. The lowest BCUT2D eigenvalue weighted by atomic mass is 10.1. The molecule has 0 amide bonds. The van der Waals surface area contributed by atoms with E-state index < -0.39 is 0 Å².